The normalized spacial score (nSPS) is 15.1. The van der Waals surface area contributed by atoms with Crippen molar-refractivity contribution in [1.82, 2.24) is 19.4 Å². The van der Waals surface area contributed by atoms with Gasteiger partial charge in [0.2, 0.25) is 0 Å². The highest BCUT2D eigenvalue weighted by molar-refractivity contribution is 5.97. The van der Waals surface area contributed by atoms with Gasteiger partial charge in [-0.1, -0.05) is 30.3 Å². The van der Waals surface area contributed by atoms with E-state index in [0.717, 1.165) is 25.0 Å². The second kappa shape index (κ2) is 7.94. The van der Waals surface area contributed by atoms with Crippen LogP contribution in [0.15, 0.2) is 59.5 Å². The van der Waals surface area contributed by atoms with Crippen molar-refractivity contribution in [2.75, 3.05) is 26.2 Å². The molecule has 0 spiro atoms. The van der Waals surface area contributed by atoms with Crippen LogP contribution in [0.4, 0.5) is 0 Å². The van der Waals surface area contributed by atoms with Crippen LogP contribution in [0.2, 0.25) is 0 Å². The summed E-state index contributed by atoms with van der Waals surface area (Å²) >= 11 is 0. The average molecular weight is 376 g/mol. The molecule has 0 saturated carbocycles. The summed E-state index contributed by atoms with van der Waals surface area (Å²) in [6, 6.07) is 15.7. The molecule has 1 saturated heterocycles. The largest absolute Gasteiger partial charge is 0.336 e. The van der Waals surface area contributed by atoms with Crippen LogP contribution in [0.5, 0.6) is 0 Å². The minimum absolute atomic E-state index is 0.183. The van der Waals surface area contributed by atoms with Gasteiger partial charge in [-0.2, -0.15) is 0 Å². The van der Waals surface area contributed by atoms with Crippen LogP contribution >= 0.6 is 0 Å². The number of carbonyl (C=O) groups is 1. The number of hydrogen-bond acceptors (Lipinski definition) is 4. The van der Waals surface area contributed by atoms with E-state index in [-0.39, 0.29) is 17.0 Å². The number of aryl methyl sites for hydroxylation is 1. The van der Waals surface area contributed by atoms with E-state index < -0.39 is 0 Å². The van der Waals surface area contributed by atoms with Gasteiger partial charge in [-0.3, -0.25) is 19.1 Å². The first-order chi connectivity index (χ1) is 13.7. The summed E-state index contributed by atoms with van der Waals surface area (Å²) < 4.78 is 1.58. The van der Waals surface area contributed by atoms with Gasteiger partial charge in [-0.25, -0.2) is 4.98 Å². The molecule has 4 rings (SSSR count). The standard InChI is InChI=1S/C22H24N4O2/c1-2-26-20-18(9-6-10-23-20)15-19(22(26)28)21(27)25-13-11-24(12-14-25)16-17-7-4-3-5-8-17/h3-10,15H,2,11-14,16H2,1H3. The van der Waals surface area contributed by atoms with Gasteiger partial charge < -0.3 is 4.90 Å². The molecule has 2 aromatic heterocycles. The molecule has 144 valence electrons. The lowest BCUT2D eigenvalue weighted by Gasteiger charge is -2.34. The summed E-state index contributed by atoms with van der Waals surface area (Å²) in [4.78, 5) is 34.4. The molecule has 3 heterocycles. The maximum Gasteiger partial charge on any atom is 0.265 e. The fourth-order valence-electron chi connectivity index (χ4n) is 3.77. The monoisotopic (exact) mass is 376 g/mol. The number of amides is 1. The van der Waals surface area contributed by atoms with Gasteiger partial charge in [-0.05, 0) is 30.7 Å². The van der Waals surface area contributed by atoms with E-state index in [1.165, 1.54) is 5.56 Å². The molecular weight excluding hydrogens is 352 g/mol. The zero-order valence-electron chi connectivity index (χ0n) is 16.0. The smallest absolute Gasteiger partial charge is 0.265 e. The number of benzene rings is 1. The second-order valence-corrected chi connectivity index (χ2v) is 7.08. The maximum absolute atomic E-state index is 13.1. The molecule has 0 bridgehead atoms. The Balaban J connectivity index is 1.51. The van der Waals surface area contributed by atoms with Crippen LogP contribution < -0.4 is 5.56 Å². The molecule has 6 heteroatoms. The predicted molar refractivity (Wildman–Crippen MR) is 109 cm³/mol. The highest BCUT2D eigenvalue weighted by atomic mass is 16.2. The van der Waals surface area contributed by atoms with E-state index >= 15 is 0 Å². The van der Waals surface area contributed by atoms with Gasteiger partial charge in [0, 0.05) is 50.9 Å². The quantitative estimate of drug-likeness (QED) is 0.702. The van der Waals surface area contributed by atoms with Crippen LogP contribution in [0.3, 0.4) is 0 Å². The first-order valence-corrected chi connectivity index (χ1v) is 9.71. The minimum atomic E-state index is -0.259. The number of piperazine rings is 1. The molecule has 0 radical (unpaired) electrons. The van der Waals surface area contributed by atoms with Crippen molar-refractivity contribution in [2.45, 2.75) is 20.0 Å². The van der Waals surface area contributed by atoms with Gasteiger partial charge >= 0.3 is 0 Å². The lowest BCUT2D eigenvalue weighted by molar-refractivity contribution is 0.0626. The Morgan fingerprint density at radius 1 is 1.04 bits per heavy atom. The molecule has 0 unspecified atom stereocenters. The Labute approximate surface area is 164 Å². The van der Waals surface area contributed by atoms with E-state index in [1.54, 1.807) is 21.7 Å². The van der Waals surface area contributed by atoms with Crippen molar-refractivity contribution in [1.29, 1.82) is 0 Å². The Morgan fingerprint density at radius 3 is 2.50 bits per heavy atom. The van der Waals surface area contributed by atoms with Crippen LogP contribution in [-0.4, -0.2) is 51.4 Å². The Morgan fingerprint density at radius 2 is 1.79 bits per heavy atom. The van der Waals surface area contributed by atoms with E-state index in [9.17, 15) is 9.59 Å². The number of hydrogen-bond donors (Lipinski definition) is 0. The van der Waals surface area contributed by atoms with Crippen molar-refractivity contribution in [2.24, 2.45) is 0 Å². The molecule has 1 aliphatic rings. The van der Waals surface area contributed by atoms with Gasteiger partial charge in [-0.15, -0.1) is 0 Å². The zero-order chi connectivity index (χ0) is 19.5. The van der Waals surface area contributed by atoms with Crippen molar-refractivity contribution in [3.8, 4) is 0 Å². The van der Waals surface area contributed by atoms with Crippen molar-refractivity contribution < 1.29 is 4.79 Å². The number of fused-ring (bicyclic) bond motifs is 1. The Hall–Kier alpha value is -2.99. The maximum atomic E-state index is 13.1. The predicted octanol–water partition coefficient (Wildman–Crippen LogP) is 2.37. The van der Waals surface area contributed by atoms with Gasteiger partial charge in [0.05, 0.1) is 0 Å². The molecule has 28 heavy (non-hydrogen) atoms. The molecule has 0 atom stereocenters. The first-order valence-electron chi connectivity index (χ1n) is 9.71. The molecule has 1 aliphatic heterocycles. The average Bonchev–Trinajstić information content (AvgIpc) is 2.74. The van der Waals surface area contributed by atoms with Gasteiger partial charge in [0.15, 0.2) is 0 Å². The molecular formula is C22H24N4O2. The summed E-state index contributed by atoms with van der Waals surface area (Å²) in [7, 11) is 0. The van der Waals surface area contributed by atoms with Gasteiger partial charge in [0.1, 0.15) is 11.2 Å². The third-order valence-corrected chi connectivity index (χ3v) is 5.30. The number of pyridine rings is 2. The molecule has 1 fully saturated rings. The van der Waals surface area contributed by atoms with E-state index in [0.29, 0.717) is 25.3 Å². The van der Waals surface area contributed by atoms with Crippen molar-refractivity contribution in [3.63, 3.8) is 0 Å². The Kier molecular flexibility index (Phi) is 5.21. The highest BCUT2D eigenvalue weighted by Crippen LogP contribution is 2.14. The molecule has 1 aromatic carbocycles. The van der Waals surface area contributed by atoms with Crippen molar-refractivity contribution >= 4 is 16.9 Å². The number of nitrogens with zero attached hydrogens (tertiary/aromatic N) is 4. The first kappa shape index (κ1) is 18.4. The number of aromatic nitrogens is 2. The molecule has 1 amide bonds. The van der Waals surface area contributed by atoms with Gasteiger partial charge in [0.25, 0.3) is 11.5 Å². The highest BCUT2D eigenvalue weighted by Gasteiger charge is 2.25. The lowest BCUT2D eigenvalue weighted by Crippen LogP contribution is -2.49. The summed E-state index contributed by atoms with van der Waals surface area (Å²) in [5.74, 6) is -0.183. The van der Waals surface area contributed by atoms with E-state index in [4.69, 9.17) is 0 Å². The SMILES string of the molecule is CCn1c(=O)c(C(=O)N2CCN(Cc3ccccc3)CC2)cc2cccnc21. The van der Waals surface area contributed by atoms with Crippen LogP contribution in [0.25, 0.3) is 11.0 Å². The number of rotatable bonds is 4. The number of carbonyl (C=O) groups excluding carboxylic acids is 1. The fourth-order valence-corrected chi connectivity index (χ4v) is 3.77. The molecule has 3 aromatic rings. The Bertz CT molecular complexity index is 1040. The summed E-state index contributed by atoms with van der Waals surface area (Å²) in [5.41, 5.74) is 1.87. The van der Waals surface area contributed by atoms with Crippen LogP contribution in [0.1, 0.15) is 22.8 Å². The lowest BCUT2D eigenvalue weighted by atomic mass is 10.1. The summed E-state index contributed by atoms with van der Waals surface area (Å²) in [6.07, 6.45) is 1.67. The molecule has 0 N–H and O–H groups in total. The van der Waals surface area contributed by atoms with E-state index in [1.807, 2.05) is 37.3 Å². The van der Waals surface area contributed by atoms with Crippen molar-refractivity contribution in [3.05, 3.63) is 76.2 Å². The van der Waals surface area contributed by atoms with Crippen LogP contribution in [-0.2, 0) is 13.1 Å². The third kappa shape index (κ3) is 3.55. The van der Waals surface area contributed by atoms with E-state index in [2.05, 4.69) is 22.0 Å². The van der Waals surface area contributed by atoms with Crippen LogP contribution in [0, 0.1) is 0 Å². The summed E-state index contributed by atoms with van der Waals surface area (Å²) in [6.45, 7) is 6.12. The summed E-state index contributed by atoms with van der Waals surface area (Å²) in [5, 5.41) is 0.815. The topological polar surface area (TPSA) is 58.4 Å². The third-order valence-electron chi connectivity index (χ3n) is 5.30. The fraction of sp³-hybridized carbons (Fsp3) is 0.318. The molecule has 6 nitrogen and oxygen atoms in total. The molecule has 0 aliphatic carbocycles. The zero-order valence-corrected chi connectivity index (χ0v) is 16.0. The second-order valence-electron chi connectivity index (χ2n) is 7.08. The minimum Gasteiger partial charge on any atom is -0.336 e.